The first-order valence-electron chi connectivity index (χ1n) is 6.03. The van der Waals surface area contributed by atoms with Gasteiger partial charge in [0.1, 0.15) is 11.6 Å². The third-order valence-electron chi connectivity index (χ3n) is 2.38. The predicted octanol–water partition coefficient (Wildman–Crippen LogP) is 3.47. The summed E-state index contributed by atoms with van der Waals surface area (Å²) in [5.41, 5.74) is 0.410. The topological polar surface area (TPSA) is 29.1 Å². The second kappa shape index (κ2) is 9.06. The van der Waals surface area contributed by atoms with Crippen molar-refractivity contribution in [2.24, 2.45) is 5.92 Å². The Morgan fingerprint density at radius 3 is 2.39 bits per heavy atom. The van der Waals surface area contributed by atoms with E-state index in [0.717, 1.165) is 6.54 Å². The summed E-state index contributed by atoms with van der Waals surface area (Å²) in [4.78, 5) is 11.3. The lowest BCUT2D eigenvalue weighted by Gasteiger charge is -2.05. The molecule has 1 aromatic rings. The van der Waals surface area contributed by atoms with E-state index in [0.29, 0.717) is 10.6 Å². The van der Waals surface area contributed by atoms with Crippen LogP contribution in [0.15, 0.2) is 18.2 Å². The van der Waals surface area contributed by atoms with Crippen LogP contribution in [-0.2, 0) is 11.2 Å². The van der Waals surface area contributed by atoms with Crippen molar-refractivity contribution in [1.29, 1.82) is 0 Å². The van der Waals surface area contributed by atoms with Crippen LogP contribution >= 0.6 is 11.6 Å². The molecule has 0 fully saturated rings. The Kier molecular flexibility index (Phi) is 8.59. The number of carbonyl (C=O) groups excluding carboxylic acids is 1. The highest BCUT2D eigenvalue weighted by Gasteiger charge is 2.11. The van der Waals surface area contributed by atoms with Crippen molar-refractivity contribution >= 4 is 17.4 Å². The van der Waals surface area contributed by atoms with Gasteiger partial charge in [0.05, 0.1) is 0 Å². The average molecular weight is 274 g/mol. The van der Waals surface area contributed by atoms with Crippen molar-refractivity contribution in [2.75, 3.05) is 13.6 Å². The van der Waals surface area contributed by atoms with E-state index in [-0.39, 0.29) is 18.1 Å². The number of hydrogen-bond acceptors (Lipinski definition) is 2. The van der Waals surface area contributed by atoms with Crippen molar-refractivity contribution in [3.63, 3.8) is 0 Å². The number of nitrogens with one attached hydrogen (secondary N) is 1. The Morgan fingerprint density at radius 1 is 1.44 bits per heavy atom. The Morgan fingerprint density at radius 2 is 2.00 bits per heavy atom. The molecule has 0 aliphatic carbocycles. The number of hydrogen-bond donors (Lipinski definition) is 1. The summed E-state index contributed by atoms with van der Waals surface area (Å²) in [6, 6.07) is 4.37. The van der Waals surface area contributed by atoms with Crippen LogP contribution in [-0.4, -0.2) is 19.4 Å². The van der Waals surface area contributed by atoms with Crippen LogP contribution in [0.2, 0.25) is 5.02 Å². The lowest BCUT2D eigenvalue weighted by atomic mass is 10.0. The van der Waals surface area contributed by atoms with Gasteiger partial charge in [-0.3, -0.25) is 4.79 Å². The lowest BCUT2D eigenvalue weighted by Crippen LogP contribution is -2.11. The maximum atomic E-state index is 13.2. The molecule has 0 bridgehead atoms. The van der Waals surface area contributed by atoms with E-state index in [4.69, 9.17) is 11.6 Å². The number of Topliss-reactive ketones (excluding diaryl/α,β-unsaturated/α-hetero) is 1. The van der Waals surface area contributed by atoms with E-state index in [9.17, 15) is 9.18 Å². The zero-order chi connectivity index (χ0) is 14.1. The van der Waals surface area contributed by atoms with Crippen molar-refractivity contribution in [1.82, 2.24) is 5.32 Å². The number of halogens is 2. The zero-order valence-corrected chi connectivity index (χ0v) is 12.1. The van der Waals surface area contributed by atoms with Crippen LogP contribution in [0.5, 0.6) is 0 Å². The predicted molar refractivity (Wildman–Crippen MR) is 74.6 cm³/mol. The molecule has 0 aliphatic heterocycles. The molecule has 1 aromatic carbocycles. The summed E-state index contributed by atoms with van der Waals surface area (Å²) in [7, 11) is 1.93. The third-order valence-corrected chi connectivity index (χ3v) is 2.61. The number of rotatable bonds is 4. The smallest absolute Gasteiger partial charge is 0.139 e. The molecule has 18 heavy (non-hydrogen) atoms. The van der Waals surface area contributed by atoms with E-state index >= 15 is 0 Å². The van der Waals surface area contributed by atoms with Crippen LogP contribution < -0.4 is 5.32 Å². The van der Waals surface area contributed by atoms with Crippen LogP contribution in [0.1, 0.15) is 26.3 Å². The van der Waals surface area contributed by atoms with E-state index in [1.54, 1.807) is 26.0 Å². The molecule has 0 amide bonds. The van der Waals surface area contributed by atoms with Gasteiger partial charge in [-0.1, -0.05) is 38.4 Å². The van der Waals surface area contributed by atoms with Gasteiger partial charge in [-0.25, -0.2) is 4.39 Å². The van der Waals surface area contributed by atoms with E-state index < -0.39 is 5.82 Å². The molecular formula is C14H21ClFNO. The highest BCUT2D eigenvalue weighted by atomic mass is 35.5. The maximum Gasteiger partial charge on any atom is 0.139 e. The molecule has 0 heterocycles. The fourth-order valence-electron chi connectivity index (χ4n) is 1.06. The van der Waals surface area contributed by atoms with Gasteiger partial charge in [-0.05, 0) is 31.3 Å². The molecule has 0 aliphatic rings. The average Bonchev–Trinajstić information content (AvgIpc) is 2.32. The van der Waals surface area contributed by atoms with Crippen molar-refractivity contribution in [2.45, 2.75) is 27.2 Å². The van der Waals surface area contributed by atoms with E-state index in [2.05, 4.69) is 12.2 Å². The molecule has 0 radical (unpaired) electrons. The molecule has 102 valence electrons. The van der Waals surface area contributed by atoms with Crippen molar-refractivity contribution in [3.8, 4) is 0 Å². The molecule has 2 nitrogen and oxygen atoms in total. The number of ketones is 1. The zero-order valence-electron chi connectivity index (χ0n) is 11.4. The summed E-state index contributed by atoms with van der Waals surface area (Å²) >= 11 is 5.59. The second-order valence-electron chi connectivity index (χ2n) is 4.24. The van der Waals surface area contributed by atoms with Gasteiger partial charge >= 0.3 is 0 Å². The molecule has 0 aromatic heterocycles. The SMILES string of the molecule is CC(C)C(=O)Cc1ccc(Cl)cc1F.CCNC. The van der Waals surface area contributed by atoms with Crippen LogP contribution in [0.25, 0.3) is 0 Å². The first kappa shape index (κ1) is 17.1. The van der Waals surface area contributed by atoms with Crippen LogP contribution in [0.4, 0.5) is 4.39 Å². The Balaban J connectivity index is 0.000000631. The van der Waals surface area contributed by atoms with Gasteiger partial charge in [0, 0.05) is 17.4 Å². The van der Waals surface area contributed by atoms with Crippen LogP contribution in [0, 0.1) is 11.7 Å². The molecule has 0 spiro atoms. The second-order valence-corrected chi connectivity index (χ2v) is 4.68. The van der Waals surface area contributed by atoms with Crippen molar-refractivity contribution in [3.05, 3.63) is 34.6 Å². The Labute approximate surface area is 114 Å². The molecular weight excluding hydrogens is 253 g/mol. The van der Waals surface area contributed by atoms with Gasteiger partial charge in [0.2, 0.25) is 0 Å². The first-order chi connectivity index (χ1) is 8.42. The Hall–Kier alpha value is -0.930. The van der Waals surface area contributed by atoms with Gasteiger partial charge in [-0.2, -0.15) is 0 Å². The fraction of sp³-hybridized carbons (Fsp3) is 0.500. The fourth-order valence-corrected chi connectivity index (χ4v) is 1.22. The lowest BCUT2D eigenvalue weighted by molar-refractivity contribution is -0.121. The molecule has 0 atom stereocenters. The highest BCUT2D eigenvalue weighted by Crippen LogP contribution is 2.16. The summed E-state index contributed by atoms with van der Waals surface area (Å²) < 4.78 is 13.2. The van der Waals surface area contributed by atoms with E-state index in [1.807, 2.05) is 7.05 Å². The standard InChI is InChI=1S/C11H12ClFO.C3H9N/c1-7(2)11(14)5-8-3-4-9(12)6-10(8)13;1-3-4-2/h3-4,6-7H,5H2,1-2H3;4H,3H2,1-2H3. The normalized spacial score (nSPS) is 9.94. The molecule has 0 saturated carbocycles. The maximum absolute atomic E-state index is 13.2. The minimum atomic E-state index is -0.411. The summed E-state index contributed by atoms with van der Waals surface area (Å²) in [6.45, 7) is 6.74. The largest absolute Gasteiger partial charge is 0.320 e. The third kappa shape index (κ3) is 6.72. The van der Waals surface area contributed by atoms with Gasteiger partial charge in [-0.15, -0.1) is 0 Å². The number of benzene rings is 1. The van der Waals surface area contributed by atoms with Crippen molar-refractivity contribution < 1.29 is 9.18 Å². The highest BCUT2D eigenvalue weighted by molar-refractivity contribution is 6.30. The molecule has 0 unspecified atom stereocenters. The molecule has 1 rings (SSSR count). The van der Waals surface area contributed by atoms with Gasteiger partial charge < -0.3 is 5.32 Å². The summed E-state index contributed by atoms with van der Waals surface area (Å²) in [5.74, 6) is -0.442. The number of carbonyl (C=O) groups is 1. The quantitative estimate of drug-likeness (QED) is 0.910. The van der Waals surface area contributed by atoms with Crippen LogP contribution in [0.3, 0.4) is 0 Å². The van der Waals surface area contributed by atoms with E-state index in [1.165, 1.54) is 6.07 Å². The first-order valence-corrected chi connectivity index (χ1v) is 6.41. The summed E-state index contributed by atoms with van der Waals surface area (Å²) in [5, 5.41) is 3.28. The minimum Gasteiger partial charge on any atom is -0.320 e. The molecule has 0 saturated heterocycles. The molecule has 4 heteroatoms. The monoisotopic (exact) mass is 273 g/mol. The van der Waals surface area contributed by atoms with Gasteiger partial charge in [0.15, 0.2) is 0 Å². The Bertz CT molecular complexity index is 378. The minimum absolute atomic E-state index is 0.0335. The van der Waals surface area contributed by atoms with Gasteiger partial charge in [0.25, 0.3) is 0 Å². The summed E-state index contributed by atoms with van der Waals surface area (Å²) in [6.07, 6.45) is 0.140. The molecule has 1 N–H and O–H groups in total.